The molecule has 0 bridgehead atoms. The summed E-state index contributed by atoms with van der Waals surface area (Å²) < 4.78 is 35.5. The lowest BCUT2D eigenvalue weighted by Crippen LogP contribution is -2.13. The van der Waals surface area contributed by atoms with Gasteiger partial charge in [-0.05, 0) is 42.0 Å². The molecular weight excluding hydrogens is 462 g/mol. The molecule has 0 radical (unpaired) electrons. The molecule has 0 saturated heterocycles. The fraction of sp³-hybridized carbons (Fsp3) is 0.0435. The van der Waals surface area contributed by atoms with Crippen LogP contribution < -0.4 is 14.2 Å². The van der Waals surface area contributed by atoms with Crippen LogP contribution in [0.25, 0.3) is 6.08 Å². The highest BCUT2D eigenvalue weighted by atomic mass is 32.2. The highest BCUT2D eigenvalue weighted by Crippen LogP contribution is 2.32. The lowest BCUT2D eigenvalue weighted by atomic mass is 10.1. The van der Waals surface area contributed by atoms with E-state index in [0.717, 1.165) is 18.2 Å². The van der Waals surface area contributed by atoms with Crippen LogP contribution in [0.2, 0.25) is 0 Å². The van der Waals surface area contributed by atoms with E-state index in [2.05, 4.69) is 5.32 Å². The number of carbonyl (C=O) groups excluding carboxylic acids is 1. The molecule has 1 amide bonds. The van der Waals surface area contributed by atoms with Crippen molar-refractivity contribution in [2.24, 2.45) is 0 Å². The molecule has 3 aromatic rings. The highest BCUT2D eigenvalue weighted by molar-refractivity contribution is 7.87. The number of nitrogens with one attached hydrogen (secondary N) is 1. The first-order valence-electron chi connectivity index (χ1n) is 9.58. The Hall–Kier alpha value is -4.69. The zero-order valence-corrected chi connectivity index (χ0v) is 18.5. The molecule has 0 heterocycles. The summed E-state index contributed by atoms with van der Waals surface area (Å²) >= 11 is 0. The van der Waals surface area contributed by atoms with Crippen molar-refractivity contribution in [1.82, 2.24) is 0 Å². The summed E-state index contributed by atoms with van der Waals surface area (Å²) in [5, 5.41) is 22.9. The summed E-state index contributed by atoms with van der Waals surface area (Å²) in [5.41, 5.74) is 0.289. The second kappa shape index (κ2) is 10.3. The molecule has 0 aliphatic carbocycles. The van der Waals surface area contributed by atoms with Gasteiger partial charge in [-0.3, -0.25) is 14.9 Å². The van der Waals surface area contributed by atoms with Crippen molar-refractivity contribution in [2.45, 2.75) is 4.90 Å². The lowest BCUT2D eigenvalue weighted by molar-refractivity contribution is -0.385. The molecular formula is C23H17N3O7S. The predicted octanol–water partition coefficient (Wildman–Crippen LogP) is 3.92. The summed E-state index contributed by atoms with van der Waals surface area (Å²) in [5.74, 6) is -0.803. The Morgan fingerprint density at radius 1 is 1.06 bits per heavy atom. The first-order chi connectivity index (χ1) is 16.2. The topological polar surface area (TPSA) is 149 Å². The van der Waals surface area contributed by atoms with Crippen LogP contribution in [0.3, 0.4) is 0 Å². The number of nitriles is 1. The molecule has 0 spiro atoms. The number of benzene rings is 3. The maximum Gasteiger partial charge on any atom is 0.339 e. The minimum Gasteiger partial charge on any atom is -0.493 e. The van der Waals surface area contributed by atoms with Crippen LogP contribution in [-0.2, 0) is 14.9 Å². The molecule has 0 atom stereocenters. The van der Waals surface area contributed by atoms with Crippen LogP contribution in [0, 0.1) is 21.4 Å². The SMILES string of the molecule is COc1cc(/C=C(\C#N)C(=O)Nc2ccccc2)ccc1OS(=O)(=O)c1cccc([N+](=O)[O-])c1. The third kappa shape index (κ3) is 5.76. The van der Waals surface area contributed by atoms with Crippen molar-refractivity contribution in [2.75, 3.05) is 12.4 Å². The van der Waals surface area contributed by atoms with Gasteiger partial charge in [0.15, 0.2) is 11.5 Å². The average molecular weight is 479 g/mol. The summed E-state index contributed by atoms with van der Waals surface area (Å²) in [7, 11) is -3.13. The zero-order chi connectivity index (χ0) is 24.7. The largest absolute Gasteiger partial charge is 0.493 e. The molecule has 10 nitrogen and oxygen atoms in total. The Labute approximate surface area is 194 Å². The Morgan fingerprint density at radius 2 is 1.79 bits per heavy atom. The monoisotopic (exact) mass is 479 g/mol. The standard InChI is InChI=1S/C23H17N3O7S/c1-32-22-13-16(12-17(15-24)23(27)25-18-6-3-2-4-7-18)10-11-21(22)33-34(30,31)20-9-5-8-19(14-20)26(28)29/h2-14H,1H3,(H,25,27)/b17-12+. The molecule has 0 saturated carbocycles. The Morgan fingerprint density at radius 3 is 2.44 bits per heavy atom. The zero-order valence-electron chi connectivity index (χ0n) is 17.7. The Kier molecular flexibility index (Phi) is 7.25. The van der Waals surface area contributed by atoms with Crippen LogP contribution in [0.4, 0.5) is 11.4 Å². The minimum atomic E-state index is -4.41. The van der Waals surface area contributed by atoms with Crippen LogP contribution >= 0.6 is 0 Å². The smallest absolute Gasteiger partial charge is 0.339 e. The molecule has 0 aliphatic rings. The maximum atomic E-state index is 12.6. The van der Waals surface area contributed by atoms with Crippen molar-refractivity contribution in [3.8, 4) is 17.6 Å². The Balaban J connectivity index is 1.86. The number of hydrogen-bond acceptors (Lipinski definition) is 8. The fourth-order valence-electron chi connectivity index (χ4n) is 2.80. The van der Waals surface area contributed by atoms with E-state index < -0.39 is 31.5 Å². The number of nitro groups is 1. The number of anilines is 1. The van der Waals surface area contributed by atoms with Crippen molar-refractivity contribution in [3.05, 3.63) is 94.0 Å². The number of para-hydroxylation sites is 1. The molecule has 1 N–H and O–H groups in total. The molecule has 11 heteroatoms. The van der Waals surface area contributed by atoms with Gasteiger partial charge in [0, 0.05) is 17.8 Å². The van der Waals surface area contributed by atoms with Gasteiger partial charge in [-0.15, -0.1) is 0 Å². The van der Waals surface area contributed by atoms with E-state index in [0.29, 0.717) is 11.3 Å². The quantitative estimate of drug-likeness (QED) is 0.168. The lowest BCUT2D eigenvalue weighted by Gasteiger charge is -2.11. The summed E-state index contributed by atoms with van der Waals surface area (Å²) in [6, 6.07) is 18.9. The fourth-order valence-corrected chi connectivity index (χ4v) is 3.78. The molecule has 3 rings (SSSR count). The maximum absolute atomic E-state index is 12.6. The summed E-state index contributed by atoms with van der Waals surface area (Å²) in [4.78, 5) is 22.2. The molecule has 0 fully saturated rings. The minimum absolute atomic E-state index is 0.00325. The van der Waals surface area contributed by atoms with Gasteiger partial charge in [0.05, 0.1) is 12.0 Å². The third-order valence-electron chi connectivity index (χ3n) is 4.41. The van der Waals surface area contributed by atoms with Gasteiger partial charge >= 0.3 is 10.1 Å². The van der Waals surface area contributed by atoms with Gasteiger partial charge in [0.1, 0.15) is 16.5 Å². The van der Waals surface area contributed by atoms with Crippen molar-refractivity contribution in [3.63, 3.8) is 0 Å². The number of nitrogens with zero attached hydrogens (tertiary/aromatic N) is 2. The molecule has 0 aliphatic heterocycles. The molecule has 0 unspecified atom stereocenters. The molecule has 0 aromatic heterocycles. The van der Waals surface area contributed by atoms with Crippen molar-refractivity contribution < 1.29 is 27.1 Å². The number of amides is 1. The predicted molar refractivity (Wildman–Crippen MR) is 123 cm³/mol. The number of non-ortho nitro benzene ring substituents is 1. The second-order valence-electron chi connectivity index (χ2n) is 6.69. The van der Waals surface area contributed by atoms with E-state index in [9.17, 15) is 28.6 Å². The van der Waals surface area contributed by atoms with Gasteiger partial charge in [-0.25, -0.2) is 0 Å². The normalized spacial score (nSPS) is 11.2. The van der Waals surface area contributed by atoms with Crippen LogP contribution in [0.5, 0.6) is 11.5 Å². The van der Waals surface area contributed by atoms with E-state index >= 15 is 0 Å². The van der Waals surface area contributed by atoms with Gasteiger partial charge in [0.25, 0.3) is 11.6 Å². The Bertz CT molecular complexity index is 1410. The van der Waals surface area contributed by atoms with Gasteiger partial charge in [-0.2, -0.15) is 13.7 Å². The first kappa shape index (κ1) is 24.0. The van der Waals surface area contributed by atoms with Gasteiger partial charge in [-0.1, -0.05) is 30.3 Å². The van der Waals surface area contributed by atoms with E-state index in [1.165, 1.54) is 37.5 Å². The number of carbonyl (C=O) groups is 1. The van der Waals surface area contributed by atoms with Crippen LogP contribution in [-0.4, -0.2) is 26.4 Å². The van der Waals surface area contributed by atoms with Crippen LogP contribution in [0.1, 0.15) is 5.56 Å². The van der Waals surface area contributed by atoms with E-state index in [-0.39, 0.29) is 17.1 Å². The molecule has 3 aromatic carbocycles. The van der Waals surface area contributed by atoms with Crippen molar-refractivity contribution >= 4 is 33.5 Å². The van der Waals surface area contributed by atoms with Gasteiger partial charge < -0.3 is 14.2 Å². The number of rotatable bonds is 8. The molecule has 172 valence electrons. The van der Waals surface area contributed by atoms with E-state index in [1.54, 1.807) is 30.3 Å². The number of nitro benzene ring substituents is 1. The van der Waals surface area contributed by atoms with E-state index in [4.69, 9.17) is 8.92 Å². The highest BCUT2D eigenvalue weighted by Gasteiger charge is 2.22. The first-order valence-corrected chi connectivity index (χ1v) is 11.0. The summed E-state index contributed by atoms with van der Waals surface area (Å²) in [6.07, 6.45) is 1.31. The molecule has 34 heavy (non-hydrogen) atoms. The number of hydrogen-bond donors (Lipinski definition) is 1. The average Bonchev–Trinajstić information content (AvgIpc) is 2.83. The number of ether oxygens (including phenoxy) is 1. The van der Waals surface area contributed by atoms with Gasteiger partial charge in [0.2, 0.25) is 0 Å². The number of methoxy groups -OCH3 is 1. The summed E-state index contributed by atoms with van der Waals surface area (Å²) in [6.45, 7) is 0. The van der Waals surface area contributed by atoms with Crippen LogP contribution in [0.15, 0.2) is 83.3 Å². The van der Waals surface area contributed by atoms with E-state index in [1.807, 2.05) is 6.07 Å². The van der Waals surface area contributed by atoms with Crippen molar-refractivity contribution in [1.29, 1.82) is 5.26 Å². The third-order valence-corrected chi connectivity index (χ3v) is 5.64. The second-order valence-corrected chi connectivity index (χ2v) is 8.24.